The predicted octanol–water partition coefficient (Wildman–Crippen LogP) is 4.49. The van der Waals surface area contributed by atoms with E-state index in [1.807, 2.05) is 6.92 Å². The number of anilines is 5. The standard InChI is InChI=1S/C18H16ClFN6O2/c1-4-15(27)22-11-5-6-13(20)14(7-11)23-16-12(19)8-21-18(24-16)25-17-9(2)10(3)26-28-17/h4-8H,1H2,2-3H3,(H,22,27)(H2,21,23,24,25). The van der Waals surface area contributed by atoms with Gasteiger partial charge in [0.25, 0.3) is 0 Å². The largest absolute Gasteiger partial charge is 0.338 e. The molecule has 1 amide bonds. The molecule has 8 nitrogen and oxygen atoms in total. The summed E-state index contributed by atoms with van der Waals surface area (Å²) in [6.07, 6.45) is 2.47. The van der Waals surface area contributed by atoms with Crippen molar-refractivity contribution in [2.24, 2.45) is 0 Å². The van der Waals surface area contributed by atoms with Crippen molar-refractivity contribution in [1.82, 2.24) is 15.1 Å². The summed E-state index contributed by atoms with van der Waals surface area (Å²) in [7, 11) is 0. The minimum absolute atomic E-state index is 0.0695. The molecular formula is C18H16ClFN6O2. The van der Waals surface area contributed by atoms with Crippen LogP contribution in [0.3, 0.4) is 0 Å². The van der Waals surface area contributed by atoms with Crippen LogP contribution < -0.4 is 16.0 Å². The van der Waals surface area contributed by atoms with Crippen molar-refractivity contribution in [3.63, 3.8) is 0 Å². The van der Waals surface area contributed by atoms with Gasteiger partial charge in [-0.25, -0.2) is 9.37 Å². The van der Waals surface area contributed by atoms with E-state index in [-0.39, 0.29) is 22.5 Å². The number of hydrogen-bond acceptors (Lipinski definition) is 7. The number of aryl methyl sites for hydroxylation is 1. The van der Waals surface area contributed by atoms with Gasteiger partial charge < -0.3 is 15.2 Å². The molecule has 0 aliphatic heterocycles. The molecule has 0 saturated carbocycles. The normalized spacial score (nSPS) is 10.4. The first-order valence-corrected chi connectivity index (χ1v) is 8.47. The van der Waals surface area contributed by atoms with Gasteiger partial charge in [0.2, 0.25) is 17.7 Å². The maximum atomic E-state index is 14.2. The van der Waals surface area contributed by atoms with Gasteiger partial charge in [-0.2, -0.15) is 4.98 Å². The fraction of sp³-hybridized carbons (Fsp3) is 0.111. The first kappa shape index (κ1) is 19.3. The van der Waals surface area contributed by atoms with Gasteiger partial charge in [0.05, 0.1) is 17.6 Å². The molecule has 28 heavy (non-hydrogen) atoms. The van der Waals surface area contributed by atoms with Gasteiger partial charge >= 0.3 is 0 Å². The minimum atomic E-state index is -0.553. The lowest BCUT2D eigenvalue weighted by Gasteiger charge is -2.11. The molecule has 0 spiro atoms. The molecule has 10 heteroatoms. The molecular weight excluding hydrogens is 387 g/mol. The van der Waals surface area contributed by atoms with Gasteiger partial charge in [-0.05, 0) is 38.1 Å². The Morgan fingerprint density at radius 3 is 2.79 bits per heavy atom. The monoisotopic (exact) mass is 402 g/mol. The van der Waals surface area contributed by atoms with Crippen molar-refractivity contribution < 1.29 is 13.7 Å². The van der Waals surface area contributed by atoms with Crippen molar-refractivity contribution in [1.29, 1.82) is 0 Å². The van der Waals surface area contributed by atoms with E-state index in [0.29, 0.717) is 11.6 Å². The summed E-state index contributed by atoms with van der Waals surface area (Å²) in [5, 5.41) is 12.3. The number of rotatable bonds is 6. The third kappa shape index (κ3) is 4.26. The topological polar surface area (TPSA) is 105 Å². The third-order valence-corrected chi connectivity index (χ3v) is 4.08. The van der Waals surface area contributed by atoms with Crippen molar-refractivity contribution in [2.75, 3.05) is 16.0 Å². The van der Waals surface area contributed by atoms with Crippen LogP contribution in [0.4, 0.5) is 33.4 Å². The molecule has 3 rings (SSSR count). The number of hydrogen-bond donors (Lipinski definition) is 3. The average Bonchev–Trinajstić information content (AvgIpc) is 2.99. The molecule has 0 fully saturated rings. The van der Waals surface area contributed by atoms with Gasteiger partial charge in [-0.15, -0.1) is 0 Å². The maximum absolute atomic E-state index is 14.2. The van der Waals surface area contributed by atoms with E-state index >= 15 is 0 Å². The highest BCUT2D eigenvalue weighted by Crippen LogP contribution is 2.28. The number of amides is 1. The predicted molar refractivity (Wildman–Crippen MR) is 105 cm³/mol. The van der Waals surface area contributed by atoms with Crippen LogP contribution in [-0.2, 0) is 4.79 Å². The van der Waals surface area contributed by atoms with Crippen molar-refractivity contribution >= 4 is 46.5 Å². The summed E-state index contributed by atoms with van der Waals surface area (Å²) >= 11 is 6.13. The third-order valence-electron chi connectivity index (χ3n) is 3.80. The maximum Gasteiger partial charge on any atom is 0.247 e. The first-order valence-electron chi connectivity index (χ1n) is 8.10. The van der Waals surface area contributed by atoms with Gasteiger partial charge in [0.15, 0.2) is 5.82 Å². The molecule has 2 aromatic heterocycles. The van der Waals surface area contributed by atoms with Crippen LogP contribution in [0.25, 0.3) is 0 Å². The Kier molecular flexibility index (Phi) is 5.55. The smallest absolute Gasteiger partial charge is 0.247 e. The number of benzene rings is 1. The van der Waals surface area contributed by atoms with E-state index in [1.165, 1.54) is 24.4 Å². The van der Waals surface area contributed by atoms with Crippen LogP contribution in [-0.4, -0.2) is 21.0 Å². The quantitative estimate of drug-likeness (QED) is 0.522. The average molecular weight is 403 g/mol. The van der Waals surface area contributed by atoms with E-state index in [4.69, 9.17) is 16.1 Å². The number of carbonyl (C=O) groups excluding carboxylic acids is 1. The molecule has 3 aromatic rings. The zero-order valence-electron chi connectivity index (χ0n) is 15.0. The molecule has 1 aromatic carbocycles. The molecule has 0 unspecified atom stereocenters. The van der Waals surface area contributed by atoms with Crippen LogP contribution in [0.5, 0.6) is 0 Å². The number of nitrogens with zero attached hydrogens (tertiary/aromatic N) is 3. The van der Waals surface area contributed by atoms with Crippen LogP contribution in [0.15, 0.2) is 41.6 Å². The molecule has 0 saturated heterocycles. The molecule has 3 N–H and O–H groups in total. The molecule has 0 radical (unpaired) electrons. The Morgan fingerprint density at radius 1 is 1.32 bits per heavy atom. The molecule has 0 atom stereocenters. The van der Waals surface area contributed by atoms with Crippen LogP contribution >= 0.6 is 11.6 Å². The van der Waals surface area contributed by atoms with Gasteiger partial charge in [-0.1, -0.05) is 23.3 Å². The molecule has 0 bridgehead atoms. The summed E-state index contributed by atoms with van der Waals surface area (Å²) in [4.78, 5) is 19.7. The zero-order chi connectivity index (χ0) is 20.3. The second-order valence-corrected chi connectivity index (χ2v) is 6.16. The van der Waals surface area contributed by atoms with E-state index in [2.05, 4.69) is 37.7 Å². The van der Waals surface area contributed by atoms with Gasteiger partial charge in [0, 0.05) is 11.3 Å². The highest BCUT2D eigenvalue weighted by Gasteiger charge is 2.13. The number of halogens is 2. The summed E-state index contributed by atoms with van der Waals surface area (Å²) < 4.78 is 19.4. The highest BCUT2D eigenvalue weighted by atomic mass is 35.5. The Bertz CT molecular complexity index is 1050. The second-order valence-electron chi connectivity index (χ2n) is 5.75. The fourth-order valence-electron chi connectivity index (χ4n) is 2.17. The molecule has 0 aliphatic carbocycles. The Balaban J connectivity index is 1.86. The van der Waals surface area contributed by atoms with Crippen LogP contribution in [0.2, 0.25) is 5.02 Å². The molecule has 2 heterocycles. The van der Waals surface area contributed by atoms with E-state index < -0.39 is 11.7 Å². The number of aromatic nitrogens is 3. The van der Waals surface area contributed by atoms with E-state index in [9.17, 15) is 9.18 Å². The minimum Gasteiger partial charge on any atom is -0.338 e. The molecule has 0 aliphatic rings. The molecule has 144 valence electrons. The number of nitrogens with one attached hydrogen (secondary N) is 3. The lowest BCUT2D eigenvalue weighted by molar-refractivity contribution is -0.111. The van der Waals surface area contributed by atoms with E-state index in [1.54, 1.807) is 6.92 Å². The SMILES string of the molecule is C=CC(=O)Nc1ccc(F)c(Nc2nc(Nc3onc(C)c3C)ncc2Cl)c1. The summed E-state index contributed by atoms with van der Waals surface area (Å²) in [6.45, 7) is 7.01. The van der Waals surface area contributed by atoms with Crippen molar-refractivity contribution in [3.05, 3.63) is 59.1 Å². The lowest BCUT2D eigenvalue weighted by Crippen LogP contribution is -2.08. The zero-order valence-corrected chi connectivity index (χ0v) is 15.8. The van der Waals surface area contributed by atoms with Gasteiger partial charge in [0.1, 0.15) is 10.8 Å². The highest BCUT2D eigenvalue weighted by molar-refractivity contribution is 6.32. The first-order chi connectivity index (χ1) is 13.4. The van der Waals surface area contributed by atoms with Crippen LogP contribution in [0, 0.1) is 19.7 Å². The Morgan fingerprint density at radius 2 is 2.11 bits per heavy atom. The number of carbonyl (C=O) groups is 1. The van der Waals surface area contributed by atoms with Gasteiger partial charge in [-0.3, -0.25) is 10.1 Å². The fourth-order valence-corrected chi connectivity index (χ4v) is 2.31. The van der Waals surface area contributed by atoms with Crippen LogP contribution in [0.1, 0.15) is 11.3 Å². The second kappa shape index (κ2) is 8.05. The Hall–Kier alpha value is -3.46. The van der Waals surface area contributed by atoms with Crippen molar-refractivity contribution in [3.8, 4) is 0 Å². The Labute approximate surface area is 164 Å². The lowest BCUT2D eigenvalue weighted by atomic mass is 10.2. The summed E-state index contributed by atoms with van der Waals surface area (Å²) in [5.74, 6) is -0.225. The summed E-state index contributed by atoms with van der Waals surface area (Å²) in [6, 6.07) is 4.04. The van der Waals surface area contributed by atoms with Crippen molar-refractivity contribution in [2.45, 2.75) is 13.8 Å². The van der Waals surface area contributed by atoms with E-state index in [0.717, 1.165) is 17.3 Å². The summed E-state index contributed by atoms with van der Waals surface area (Å²) in [5.41, 5.74) is 1.99.